The van der Waals surface area contributed by atoms with Crippen molar-refractivity contribution in [1.82, 2.24) is 0 Å². The van der Waals surface area contributed by atoms with Gasteiger partial charge < -0.3 is 5.32 Å². The number of amides is 1. The molecular weight excluding hydrogens is 391 g/mol. The molecule has 1 amide bonds. The third kappa shape index (κ3) is 3.56. The first-order valence-corrected chi connectivity index (χ1v) is 8.19. The zero-order chi connectivity index (χ0) is 14.8. The number of halogens is 1. The Morgan fingerprint density at radius 1 is 1.10 bits per heavy atom. The van der Waals surface area contributed by atoms with E-state index in [1.54, 1.807) is 18.2 Å². The van der Waals surface area contributed by atoms with Crippen LogP contribution in [0.2, 0.25) is 0 Å². The van der Waals surface area contributed by atoms with Gasteiger partial charge in [0.15, 0.2) is 0 Å². The third-order valence-electron chi connectivity index (χ3n) is 2.54. The number of primary sulfonamides is 1. The second-order valence-corrected chi connectivity index (χ2v) is 6.73. The number of rotatable bonds is 3. The lowest BCUT2D eigenvalue weighted by atomic mass is 10.2. The van der Waals surface area contributed by atoms with Crippen LogP contribution in [0.4, 0.5) is 5.69 Å². The van der Waals surface area contributed by atoms with Gasteiger partial charge in [-0.25, -0.2) is 13.6 Å². The van der Waals surface area contributed by atoms with Gasteiger partial charge in [0.05, 0.1) is 10.5 Å². The van der Waals surface area contributed by atoms with Crippen molar-refractivity contribution in [3.8, 4) is 0 Å². The molecule has 0 saturated carbocycles. The van der Waals surface area contributed by atoms with Crippen molar-refractivity contribution < 1.29 is 13.2 Å². The highest BCUT2D eigenvalue weighted by Crippen LogP contribution is 2.17. The molecule has 0 atom stereocenters. The smallest absolute Gasteiger partial charge is 0.256 e. The molecule has 5 nitrogen and oxygen atoms in total. The highest BCUT2D eigenvalue weighted by atomic mass is 127. The summed E-state index contributed by atoms with van der Waals surface area (Å²) in [7, 11) is -3.79. The van der Waals surface area contributed by atoms with Crippen LogP contribution in [0.15, 0.2) is 53.4 Å². The number of benzene rings is 2. The Balaban J connectivity index is 2.27. The quantitative estimate of drug-likeness (QED) is 0.772. The van der Waals surface area contributed by atoms with Crippen LogP contribution >= 0.6 is 22.6 Å². The molecule has 2 aromatic carbocycles. The van der Waals surface area contributed by atoms with Crippen LogP contribution in [0.1, 0.15) is 10.4 Å². The predicted molar refractivity (Wildman–Crippen MR) is 84.9 cm³/mol. The van der Waals surface area contributed by atoms with Crippen molar-refractivity contribution in [2.75, 3.05) is 5.32 Å². The Morgan fingerprint density at radius 3 is 2.45 bits per heavy atom. The highest BCUT2D eigenvalue weighted by molar-refractivity contribution is 14.1. The second kappa shape index (κ2) is 5.90. The van der Waals surface area contributed by atoms with E-state index in [0.717, 1.165) is 3.57 Å². The number of hydrogen-bond acceptors (Lipinski definition) is 3. The van der Waals surface area contributed by atoms with Gasteiger partial charge in [0.25, 0.3) is 5.91 Å². The van der Waals surface area contributed by atoms with Crippen molar-refractivity contribution in [2.45, 2.75) is 4.90 Å². The number of nitrogens with two attached hydrogens (primary N) is 1. The molecule has 0 saturated heterocycles. The maximum atomic E-state index is 12.1. The molecule has 0 radical (unpaired) electrons. The van der Waals surface area contributed by atoms with Crippen LogP contribution in [0.5, 0.6) is 0 Å². The van der Waals surface area contributed by atoms with Crippen LogP contribution in [-0.4, -0.2) is 14.3 Å². The fourth-order valence-corrected chi connectivity index (χ4v) is 2.79. The predicted octanol–water partition coefficient (Wildman–Crippen LogP) is 2.19. The molecule has 3 N–H and O–H groups in total. The number of anilines is 1. The first kappa shape index (κ1) is 14.9. The van der Waals surface area contributed by atoms with Crippen LogP contribution < -0.4 is 10.5 Å². The third-order valence-corrected chi connectivity index (χ3v) is 4.39. The van der Waals surface area contributed by atoms with Crippen molar-refractivity contribution >= 4 is 44.2 Å². The summed E-state index contributed by atoms with van der Waals surface area (Å²) in [5, 5.41) is 7.70. The summed E-state index contributed by atoms with van der Waals surface area (Å²) in [6.07, 6.45) is 0. The van der Waals surface area contributed by atoms with Crippen LogP contribution in [0.25, 0.3) is 0 Å². The number of sulfonamides is 1. The van der Waals surface area contributed by atoms with E-state index in [0.29, 0.717) is 11.3 Å². The highest BCUT2D eigenvalue weighted by Gasteiger charge is 2.12. The normalized spacial score (nSPS) is 11.1. The maximum absolute atomic E-state index is 12.1. The molecule has 7 heteroatoms. The van der Waals surface area contributed by atoms with Crippen molar-refractivity contribution in [2.24, 2.45) is 5.14 Å². The number of carbonyl (C=O) groups excluding carboxylic acids is 1. The van der Waals surface area contributed by atoms with Gasteiger partial charge in [-0.15, -0.1) is 0 Å². The Bertz CT molecular complexity index is 760. The molecule has 0 aromatic heterocycles. The van der Waals surface area contributed by atoms with Crippen molar-refractivity contribution in [3.05, 3.63) is 57.7 Å². The molecule has 0 aliphatic rings. The lowest BCUT2D eigenvalue weighted by Gasteiger charge is -2.08. The molecule has 2 rings (SSSR count). The van der Waals surface area contributed by atoms with E-state index >= 15 is 0 Å². The fraction of sp³-hybridized carbons (Fsp3) is 0. The number of nitrogens with one attached hydrogen (secondary N) is 1. The largest absolute Gasteiger partial charge is 0.322 e. The molecule has 104 valence electrons. The Labute approximate surface area is 130 Å². The minimum atomic E-state index is -3.79. The zero-order valence-electron chi connectivity index (χ0n) is 10.2. The van der Waals surface area contributed by atoms with Crippen LogP contribution in [-0.2, 0) is 10.0 Å². The Morgan fingerprint density at radius 2 is 1.80 bits per heavy atom. The molecular formula is C13H11IN2O3S. The first-order chi connectivity index (χ1) is 9.38. The molecule has 0 spiro atoms. The zero-order valence-corrected chi connectivity index (χ0v) is 13.2. The summed E-state index contributed by atoms with van der Waals surface area (Å²) >= 11 is 2.06. The lowest BCUT2D eigenvalue weighted by molar-refractivity contribution is 0.102. The van der Waals surface area contributed by atoms with Gasteiger partial charge in [-0.1, -0.05) is 18.2 Å². The minimum absolute atomic E-state index is 0.0435. The Hall–Kier alpha value is -1.45. The van der Waals surface area contributed by atoms with E-state index < -0.39 is 10.0 Å². The molecule has 0 aliphatic heterocycles. The van der Waals surface area contributed by atoms with Crippen LogP contribution in [0.3, 0.4) is 0 Å². The van der Waals surface area contributed by atoms with Gasteiger partial charge in [0.2, 0.25) is 10.0 Å². The van der Waals surface area contributed by atoms with E-state index in [4.69, 9.17) is 5.14 Å². The molecule has 0 bridgehead atoms. The molecule has 20 heavy (non-hydrogen) atoms. The lowest BCUT2D eigenvalue weighted by Crippen LogP contribution is -2.15. The van der Waals surface area contributed by atoms with Crippen molar-refractivity contribution in [1.29, 1.82) is 0 Å². The van der Waals surface area contributed by atoms with Gasteiger partial charge in [0.1, 0.15) is 0 Å². The second-order valence-electron chi connectivity index (χ2n) is 4.01. The Kier molecular flexibility index (Phi) is 4.41. The molecule has 0 fully saturated rings. The van der Waals surface area contributed by atoms with Gasteiger partial charge in [-0.05, 0) is 52.9 Å². The summed E-state index contributed by atoms with van der Waals surface area (Å²) in [6, 6.07) is 12.9. The van der Waals surface area contributed by atoms with Crippen molar-refractivity contribution in [3.63, 3.8) is 0 Å². The average molecular weight is 402 g/mol. The standard InChI is InChI=1S/C13H11IN2O3S/c14-12-7-2-1-6-11(12)13(17)16-9-4-3-5-10(8-9)20(15,18)19/h1-8H,(H,16,17)(H2,15,18,19). The SMILES string of the molecule is NS(=O)(=O)c1cccc(NC(=O)c2ccccc2I)c1. The minimum Gasteiger partial charge on any atom is -0.322 e. The summed E-state index contributed by atoms with van der Waals surface area (Å²) in [5.74, 6) is -0.304. The van der Waals surface area contributed by atoms with Crippen LogP contribution in [0, 0.1) is 3.57 Å². The maximum Gasteiger partial charge on any atom is 0.256 e. The summed E-state index contributed by atoms with van der Waals surface area (Å²) in [4.78, 5) is 12.1. The topological polar surface area (TPSA) is 89.3 Å². The first-order valence-electron chi connectivity index (χ1n) is 5.56. The van der Waals surface area contributed by atoms with E-state index in [9.17, 15) is 13.2 Å². The van der Waals surface area contributed by atoms with Gasteiger partial charge in [0, 0.05) is 9.26 Å². The van der Waals surface area contributed by atoms with Gasteiger partial charge in [-0.2, -0.15) is 0 Å². The van der Waals surface area contributed by atoms with Gasteiger partial charge in [-0.3, -0.25) is 4.79 Å². The molecule has 0 unspecified atom stereocenters. The van der Waals surface area contributed by atoms with E-state index in [-0.39, 0.29) is 10.8 Å². The number of hydrogen-bond donors (Lipinski definition) is 2. The molecule has 0 heterocycles. The summed E-state index contributed by atoms with van der Waals surface area (Å²) in [6.45, 7) is 0. The fourth-order valence-electron chi connectivity index (χ4n) is 1.59. The van der Waals surface area contributed by atoms with E-state index in [2.05, 4.69) is 27.9 Å². The van der Waals surface area contributed by atoms with Gasteiger partial charge >= 0.3 is 0 Å². The molecule has 0 aliphatic carbocycles. The molecule has 2 aromatic rings. The monoisotopic (exact) mass is 402 g/mol. The number of carbonyl (C=O) groups is 1. The van der Waals surface area contributed by atoms with E-state index in [1.165, 1.54) is 18.2 Å². The average Bonchev–Trinajstić information content (AvgIpc) is 2.38. The summed E-state index contributed by atoms with van der Waals surface area (Å²) < 4.78 is 23.3. The van der Waals surface area contributed by atoms with E-state index in [1.807, 2.05) is 12.1 Å². The summed E-state index contributed by atoms with van der Waals surface area (Å²) in [5.41, 5.74) is 0.898.